The summed E-state index contributed by atoms with van der Waals surface area (Å²) in [6.45, 7) is 5.43. The van der Waals surface area contributed by atoms with E-state index >= 15 is 0 Å². The second kappa shape index (κ2) is 8.25. The minimum atomic E-state index is -0.239. The van der Waals surface area contributed by atoms with Gasteiger partial charge in [0, 0.05) is 37.3 Å². The van der Waals surface area contributed by atoms with Crippen LogP contribution in [0.3, 0.4) is 0 Å². The van der Waals surface area contributed by atoms with Crippen molar-refractivity contribution in [2.75, 3.05) is 45.1 Å². The van der Waals surface area contributed by atoms with Crippen LogP contribution in [0, 0.1) is 5.82 Å². The van der Waals surface area contributed by atoms with E-state index in [0.29, 0.717) is 53.4 Å². The predicted octanol–water partition coefficient (Wildman–Crippen LogP) is 1.97. The van der Waals surface area contributed by atoms with Gasteiger partial charge in [0.05, 0.1) is 24.6 Å². The van der Waals surface area contributed by atoms with Crippen LogP contribution in [-0.2, 0) is 11.3 Å². The van der Waals surface area contributed by atoms with Crippen LogP contribution < -0.4 is 11.1 Å². The summed E-state index contributed by atoms with van der Waals surface area (Å²) in [5.41, 5.74) is 8.88. The van der Waals surface area contributed by atoms with E-state index < -0.39 is 0 Å². The van der Waals surface area contributed by atoms with Gasteiger partial charge < -0.3 is 15.8 Å². The molecule has 9 heteroatoms. The molecule has 4 heterocycles. The molecular weight excluding hydrogens is 385 g/mol. The van der Waals surface area contributed by atoms with Crippen molar-refractivity contribution >= 4 is 16.9 Å². The zero-order chi connectivity index (χ0) is 20.5. The van der Waals surface area contributed by atoms with Crippen LogP contribution in [0.25, 0.3) is 22.3 Å². The maximum atomic E-state index is 15.0. The van der Waals surface area contributed by atoms with Gasteiger partial charge >= 0.3 is 0 Å². The third-order valence-electron chi connectivity index (χ3n) is 5.96. The van der Waals surface area contributed by atoms with Gasteiger partial charge in [-0.15, -0.1) is 0 Å². The molecule has 3 N–H and O–H groups in total. The molecule has 0 aliphatic carbocycles. The number of ether oxygens (including phenoxy) is 1. The predicted molar refractivity (Wildman–Crippen MR) is 112 cm³/mol. The summed E-state index contributed by atoms with van der Waals surface area (Å²) >= 11 is 0. The fraction of sp³-hybridized carbons (Fsp3) is 0.476. The molecule has 8 nitrogen and oxygen atoms in total. The van der Waals surface area contributed by atoms with Gasteiger partial charge in [-0.1, -0.05) is 12.1 Å². The Kier molecular flexibility index (Phi) is 5.32. The summed E-state index contributed by atoms with van der Waals surface area (Å²) in [6, 6.07) is 5.49. The fourth-order valence-electron chi connectivity index (χ4n) is 4.32. The van der Waals surface area contributed by atoms with Crippen LogP contribution in [0.15, 0.2) is 24.5 Å². The fourth-order valence-corrected chi connectivity index (χ4v) is 4.32. The molecule has 2 aliphatic rings. The van der Waals surface area contributed by atoms with E-state index in [1.807, 2.05) is 16.8 Å². The standard InChI is InChI=1S/C21H26FN7O/c22-17-10-14(3-4-15(17)12-28-6-8-30-9-7-28)19-18-20(23)25-13-26-21(18)29(27-19)16-2-1-5-24-11-16/h3-4,10,13,16,24H,1-2,5-9,11-12H2,(H2,23,25,26)/t16-/m1/s1. The quantitative estimate of drug-likeness (QED) is 0.678. The van der Waals surface area contributed by atoms with Gasteiger partial charge in [-0.3, -0.25) is 4.90 Å². The number of rotatable bonds is 4. The van der Waals surface area contributed by atoms with Gasteiger partial charge in [0.1, 0.15) is 23.7 Å². The number of nitrogens with zero attached hydrogens (tertiary/aromatic N) is 5. The number of fused-ring (bicyclic) bond motifs is 1. The zero-order valence-corrected chi connectivity index (χ0v) is 16.9. The van der Waals surface area contributed by atoms with Crippen LogP contribution >= 0.6 is 0 Å². The molecule has 0 spiro atoms. The number of anilines is 1. The molecular formula is C21H26FN7O. The number of aromatic nitrogens is 4. The van der Waals surface area contributed by atoms with Gasteiger partial charge in [0.25, 0.3) is 0 Å². The molecule has 3 aromatic rings. The first-order valence-electron chi connectivity index (χ1n) is 10.5. The number of nitrogens with two attached hydrogens (primary N) is 1. The van der Waals surface area contributed by atoms with E-state index in [2.05, 4.69) is 20.2 Å². The molecule has 0 amide bonds. The first-order chi connectivity index (χ1) is 14.7. The van der Waals surface area contributed by atoms with Crippen LogP contribution in [0.4, 0.5) is 10.2 Å². The molecule has 2 aromatic heterocycles. The average molecular weight is 411 g/mol. The van der Waals surface area contributed by atoms with Crippen molar-refractivity contribution in [3.8, 4) is 11.3 Å². The Hall–Kier alpha value is -2.62. The summed E-state index contributed by atoms with van der Waals surface area (Å²) in [7, 11) is 0. The Labute approximate surface area is 174 Å². The molecule has 0 saturated carbocycles. The molecule has 158 valence electrons. The molecule has 2 aliphatic heterocycles. The lowest BCUT2D eigenvalue weighted by atomic mass is 10.1. The summed E-state index contributed by atoms with van der Waals surface area (Å²) in [4.78, 5) is 10.8. The zero-order valence-electron chi connectivity index (χ0n) is 16.9. The van der Waals surface area contributed by atoms with Crippen LogP contribution in [0.1, 0.15) is 24.4 Å². The van der Waals surface area contributed by atoms with Gasteiger partial charge in [0.15, 0.2) is 5.65 Å². The average Bonchev–Trinajstić information content (AvgIpc) is 3.18. The third kappa shape index (κ3) is 3.64. The minimum Gasteiger partial charge on any atom is -0.383 e. The largest absolute Gasteiger partial charge is 0.383 e. The highest BCUT2D eigenvalue weighted by atomic mass is 19.1. The highest BCUT2D eigenvalue weighted by Gasteiger charge is 2.24. The Morgan fingerprint density at radius 1 is 1.23 bits per heavy atom. The molecule has 1 aromatic carbocycles. The van der Waals surface area contributed by atoms with Gasteiger partial charge in [-0.25, -0.2) is 19.0 Å². The van der Waals surface area contributed by atoms with Crippen molar-refractivity contribution in [1.82, 2.24) is 30.0 Å². The number of halogens is 1. The molecule has 0 unspecified atom stereocenters. The molecule has 2 saturated heterocycles. The number of hydrogen-bond donors (Lipinski definition) is 2. The van der Waals surface area contributed by atoms with E-state index in [1.165, 1.54) is 6.33 Å². The van der Waals surface area contributed by atoms with E-state index in [4.69, 9.17) is 15.6 Å². The van der Waals surface area contributed by atoms with Crippen LogP contribution in [0.2, 0.25) is 0 Å². The maximum Gasteiger partial charge on any atom is 0.164 e. The molecule has 2 fully saturated rings. The number of morpholine rings is 1. The first kappa shape index (κ1) is 19.3. The number of benzene rings is 1. The van der Waals surface area contributed by atoms with Gasteiger partial charge in [-0.2, -0.15) is 5.10 Å². The summed E-state index contributed by atoms with van der Waals surface area (Å²) in [5.74, 6) is 0.124. The van der Waals surface area contributed by atoms with Crippen molar-refractivity contribution in [3.63, 3.8) is 0 Å². The molecule has 0 bridgehead atoms. The lowest BCUT2D eigenvalue weighted by Gasteiger charge is -2.26. The maximum absolute atomic E-state index is 15.0. The molecule has 30 heavy (non-hydrogen) atoms. The van der Waals surface area contributed by atoms with E-state index in [0.717, 1.165) is 39.0 Å². The normalized spacial score (nSPS) is 20.6. The Balaban J connectivity index is 1.51. The highest BCUT2D eigenvalue weighted by Crippen LogP contribution is 2.33. The van der Waals surface area contributed by atoms with Crippen LogP contribution in [-0.4, -0.2) is 64.0 Å². The number of nitrogens with one attached hydrogen (secondary N) is 1. The van der Waals surface area contributed by atoms with Crippen molar-refractivity contribution in [1.29, 1.82) is 0 Å². The third-order valence-corrected chi connectivity index (χ3v) is 5.96. The van der Waals surface area contributed by atoms with E-state index in [-0.39, 0.29) is 11.9 Å². The number of hydrogen-bond acceptors (Lipinski definition) is 7. The lowest BCUT2D eigenvalue weighted by molar-refractivity contribution is 0.0337. The van der Waals surface area contributed by atoms with Gasteiger partial charge in [0.2, 0.25) is 0 Å². The Morgan fingerprint density at radius 2 is 2.10 bits per heavy atom. The SMILES string of the molecule is Nc1ncnc2c1c(-c1ccc(CN3CCOCC3)c(F)c1)nn2[C@@H]1CCCNC1. The topological polar surface area (TPSA) is 94.1 Å². The molecule has 0 radical (unpaired) electrons. The smallest absolute Gasteiger partial charge is 0.164 e. The van der Waals surface area contributed by atoms with Gasteiger partial charge in [-0.05, 0) is 25.5 Å². The number of nitrogen functional groups attached to an aromatic ring is 1. The molecule has 1 atom stereocenters. The van der Waals surface area contributed by atoms with Crippen molar-refractivity contribution in [2.24, 2.45) is 0 Å². The summed E-state index contributed by atoms with van der Waals surface area (Å²) < 4.78 is 22.3. The summed E-state index contributed by atoms with van der Waals surface area (Å²) in [6.07, 6.45) is 3.55. The Morgan fingerprint density at radius 3 is 2.87 bits per heavy atom. The highest BCUT2D eigenvalue weighted by molar-refractivity contribution is 5.98. The summed E-state index contributed by atoms with van der Waals surface area (Å²) in [5, 5.41) is 8.92. The lowest BCUT2D eigenvalue weighted by Crippen LogP contribution is -2.35. The second-order valence-electron chi connectivity index (χ2n) is 7.95. The Bertz CT molecular complexity index is 1040. The minimum absolute atomic E-state index is 0.190. The first-order valence-corrected chi connectivity index (χ1v) is 10.5. The second-order valence-corrected chi connectivity index (χ2v) is 7.95. The van der Waals surface area contributed by atoms with Crippen LogP contribution in [0.5, 0.6) is 0 Å². The molecule has 5 rings (SSSR count). The van der Waals surface area contributed by atoms with E-state index in [1.54, 1.807) is 6.07 Å². The van der Waals surface area contributed by atoms with Crippen molar-refractivity contribution in [2.45, 2.75) is 25.4 Å². The monoisotopic (exact) mass is 411 g/mol. The number of piperidine rings is 1. The van der Waals surface area contributed by atoms with Crippen molar-refractivity contribution < 1.29 is 9.13 Å². The van der Waals surface area contributed by atoms with E-state index in [9.17, 15) is 4.39 Å². The van der Waals surface area contributed by atoms with Crippen molar-refractivity contribution in [3.05, 3.63) is 35.9 Å².